The minimum absolute atomic E-state index is 0.668. The predicted octanol–water partition coefficient (Wildman–Crippen LogP) is 2.78. The molecule has 1 N–H and O–H groups in total. The summed E-state index contributed by atoms with van der Waals surface area (Å²) in [6.45, 7) is 4.44. The fraction of sp³-hybridized carbons (Fsp3) is 0.357. The highest BCUT2D eigenvalue weighted by atomic mass is 15.2. The summed E-state index contributed by atoms with van der Waals surface area (Å²) in [7, 11) is 1.83. The van der Waals surface area contributed by atoms with Crippen molar-refractivity contribution in [3.05, 3.63) is 36.2 Å². The van der Waals surface area contributed by atoms with E-state index in [1.54, 1.807) is 0 Å². The van der Waals surface area contributed by atoms with E-state index in [0.717, 1.165) is 23.5 Å². The van der Waals surface area contributed by atoms with Gasteiger partial charge in [0, 0.05) is 12.6 Å². The molecule has 0 saturated heterocycles. The van der Waals surface area contributed by atoms with Gasteiger partial charge in [-0.05, 0) is 17.9 Å². The number of benzene rings is 1. The molecule has 4 nitrogen and oxygen atoms in total. The van der Waals surface area contributed by atoms with E-state index in [-0.39, 0.29) is 0 Å². The highest BCUT2D eigenvalue weighted by Gasteiger charge is 2.07. The average molecular weight is 242 g/mol. The summed E-state index contributed by atoms with van der Waals surface area (Å²) < 4.78 is 0. The van der Waals surface area contributed by atoms with E-state index in [9.17, 15) is 0 Å². The molecule has 0 aliphatic heterocycles. The van der Waals surface area contributed by atoms with Gasteiger partial charge in [-0.1, -0.05) is 38.1 Å². The number of nitrogens with one attached hydrogen (secondary N) is 1. The number of anilines is 1. The highest BCUT2D eigenvalue weighted by Crippen LogP contribution is 2.23. The van der Waals surface area contributed by atoms with Gasteiger partial charge in [0.1, 0.15) is 12.0 Å². The molecule has 1 aromatic heterocycles. The molecule has 0 radical (unpaired) electrons. The molecule has 1 heterocycles. The summed E-state index contributed by atoms with van der Waals surface area (Å²) in [5.74, 6) is 1.42. The molecule has 0 aliphatic rings. The van der Waals surface area contributed by atoms with Crippen molar-refractivity contribution in [3.8, 4) is 11.3 Å². The van der Waals surface area contributed by atoms with Crippen molar-refractivity contribution in [1.82, 2.24) is 15.2 Å². The van der Waals surface area contributed by atoms with Crippen LogP contribution in [0.4, 0.5) is 5.82 Å². The third-order valence-corrected chi connectivity index (χ3v) is 2.73. The molecule has 0 unspecified atom stereocenters. The van der Waals surface area contributed by atoms with Crippen LogP contribution < -0.4 is 5.32 Å². The summed E-state index contributed by atoms with van der Waals surface area (Å²) in [6, 6.07) is 8.43. The highest BCUT2D eigenvalue weighted by molar-refractivity contribution is 5.70. The maximum Gasteiger partial charge on any atom is 0.156 e. The van der Waals surface area contributed by atoms with E-state index in [1.807, 2.05) is 7.05 Å². The van der Waals surface area contributed by atoms with Crippen LogP contribution in [0.3, 0.4) is 0 Å². The molecule has 2 rings (SSSR count). The van der Waals surface area contributed by atoms with Crippen LogP contribution in [0.2, 0.25) is 0 Å². The second-order valence-electron chi connectivity index (χ2n) is 4.70. The van der Waals surface area contributed by atoms with Crippen molar-refractivity contribution in [2.75, 3.05) is 12.4 Å². The molecule has 0 amide bonds. The minimum Gasteiger partial charge on any atom is -0.371 e. The van der Waals surface area contributed by atoms with E-state index in [2.05, 4.69) is 58.6 Å². The maximum atomic E-state index is 4.16. The SMILES string of the molecule is CNc1ncnnc1-c1ccc(CC(C)C)cc1. The van der Waals surface area contributed by atoms with Crippen molar-refractivity contribution in [1.29, 1.82) is 0 Å². The van der Waals surface area contributed by atoms with E-state index < -0.39 is 0 Å². The number of aromatic nitrogens is 3. The fourth-order valence-electron chi connectivity index (χ4n) is 1.92. The number of hydrogen-bond donors (Lipinski definition) is 1. The molecule has 18 heavy (non-hydrogen) atoms. The first-order chi connectivity index (χ1) is 8.70. The van der Waals surface area contributed by atoms with Crippen LogP contribution >= 0.6 is 0 Å². The quantitative estimate of drug-likeness (QED) is 0.895. The van der Waals surface area contributed by atoms with Gasteiger partial charge in [0.2, 0.25) is 0 Å². The molecule has 94 valence electrons. The molecule has 0 atom stereocenters. The Labute approximate surface area is 107 Å². The second kappa shape index (κ2) is 5.58. The van der Waals surface area contributed by atoms with Gasteiger partial charge in [0.25, 0.3) is 0 Å². The second-order valence-corrected chi connectivity index (χ2v) is 4.70. The predicted molar refractivity (Wildman–Crippen MR) is 73.4 cm³/mol. The first kappa shape index (κ1) is 12.5. The Morgan fingerprint density at radius 2 is 1.89 bits per heavy atom. The van der Waals surface area contributed by atoms with Crippen LogP contribution in [0.25, 0.3) is 11.3 Å². The Kier molecular flexibility index (Phi) is 3.87. The third-order valence-electron chi connectivity index (χ3n) is 2.73. The third kappa shape index (κ3) is 2.83. The monoisotopic (exact) mass is 242 g/mol. The molecule has 0 saturated carbocycles. The fourth-order valence-corrected chi connectivity index (χ4v) is 1.92. The molecule has 0 bridgehead atoms. The molecule has 2 aromatic rings. The van der Waals surface area contributed by atoms with Crippen LogP contribution in [0.1, 0.15) is 19.4 Å². The molecule has 4 heteroatoms. The lowest BCUT2D eigenvalue weighted by atomic mass is 10.0. The van der Waals surface area contributed by atoms with Gasteiger partial charge in [-0.3, -0.25) is 0 Å². The Morgan fingerprint density at radius 1 is 1.17 bits per heavy atom. The van der Waals surface area contributed by atoms with Gasteiger partial charge in [0.15, 0.2) is 5.82 Å². The number of nitrogens with zero attached hydrogens (tertiary/aromatic N) is 3. The molecule has 0 fully saturated rings. The first-order valence-electron chi connectivity index (χ1n) is 6.15. The summed E-state index contributed by atoms with van der Waals surface area (Å²) in [4.78, 5) is 4.16. The van der Waals surface area contributed by atoms with Crippen LogP contribution in [0.5, 0.6) is 0 Å². The lowest BCUT2D eigenvalue weighted by Crippen LogP contribution is -2.00. The topological polar surface area (TPSA) is 50.7 Å². The van der Waals surface area contributed by atoms with Crippen LogP contribution in [-0.4, -0.2) is 22.2 Å². The summed E-state index contributed by atoms with van der Waals surface area (Å²) >= 11 is 0. The van der Waals surface area contributed by atoms with Crippen LogP contribution in [0, 0.1) is 5.92 Å². The average Bonchev–Trinajstić information content (AvgIpc) is 2.39. The smallest absolute Gasteiger partial charge is 0.156 e. The van der Waals surface area contributed by atoms with Gasteiger partial charge >= 0.3 is 0 Å². The summed E-state index contributed by atoms with van der Waals surface area (Å²) in [5, 5.41) is 11.0. The Balaban J connectivity index is 2.28. The van der Waals surface area contributed by atoms with Crippen molar-refractivity contribution in [2.45, 2.75) is 20.3 Å². The standard InChI is InChI=1S/C14H18N4/c1-10(2)8-11-4-6-12(7-5-11)13-14(15-3)16-9-17-18-13/h4-7,9-10H,8H2,1-3H3,(H,15,16,17). The van der Waals surface area contributed by atoms with E-state index in [4.69, 9.17) is 0 Å². The maximum absolute atomic E-state index is 4.16. The van der Waals surface area contributed by atoms with Crippen molar-refractivity contribution < 1.29 is 0 Å². The largest absolute Gasteiger partial charge is 0.371 e. The first-order valence-corrected chi connectivity index (χ1v) is 6.15. The van der Waals surface area contributed by atoms with Gasteiger partial charge in [0.05, 0.1) is 0 Å². The summed E-state index contributed by atoms with van der Waals surface area (Å²) in [6.07, 6.45) is 2.54. The summed E-state index contributed by atoms with van der Waals surface area (Å²) in [5.41, 5.74) is 3.17. The van der Waals surface area contributed by atoms with Gasteiger partial charge in [-0.25, -0.2) is 4.98 Å². The van der Waals surface area contributed by atoms with Crippen LogP contribution in [-0.2, 0) is 6.42 Å². The molecular formula is C14H18N4. The molecule has 0 aliphatic carbocycles. The lowest BCUT2D eigenvalue weighted by molar-refractivity contribution is 0.647. The zero-order valence-electron chi connectivity index (χ0n) is 11.0. The van der Waals surface area contributed by atoms with Crippen molar-refractivity contribution >= 4 is 5.82 Å². The number of rotatable bonds is 4. The lowest BCUT2D eigenvalue weighted by Gasteiger charge is -2.08. The molecule has 0 spiro atoms. The Hall–Kier alpha value is -1.97. The normalized spacial score (nSPS) is 10.7. The zero-order chi connectivity index (χ0) is 13.0. The van der Waals surface area contributed by atoms with Gasteiger partial charge in [-0.15, -0.1) is 10.2 Å². The molecule has 1 aromatic carbocycles. The minimum atomic E-state index is 0.668. The number of hydrogen-bond acceptors (Lipinski definition) is 4. The Bertz CT molecular complexity index is 505. The van der Waals surface area contributed by atoms with E-state index in [0.29, 0.717) is 5.92 Å². The van der Waals surface area contributed by atoms with Crippen molar-refractivity contribution in [3.63, 3.8) is 0 Å². The molecular weight excluding hydrogens is 224 g/mol. The van der Waals surface area contributed by atoms with E-state index >= 15 is 0 Å². The van der Waals surface area contributed by atoms with Gasteiger partial charge < -0.3 is 5.32 Å². The van der Waals surface area contributed by atoms with Crippen molar-refractivity contribution in [2.24, 2.45) is 5.92 Å². The Morgan fingerprint density at radius 3 is 2.50 bits per heavy atom. The van der Waals surface area contributed by atoms with E-state index in [1.165, 1.54) is 11.9 Å². The van der Waals surface area contributed by atoms with Crippen LogP contribution in [0.15, 0.2) is 30.6 Å². The zero-order valence-corrected chi connectivity index (χ0v) is 11.0. The van der Waals surface area contributed by atoms with Gasteiger partial charge in [-0.2, -0.15) is 0 Å².